The largest absolute Gasteiger partial charge is 0.278 e. The molecule has 2 amide bonds. The van der Waals surface area contributed by atoms with Gasteiger partial charge in [-0.25, -0.2) is 26.8 Å². The van der Waals surface area contributed by atoms with Crippen LogP contribution in [0.5, 0.6) is 0 Å². The van der Waals surface area contributed by atoms with E-state index in [-0.39, 0.29) is 19.5 Å². The third-order valence-corrected chi connectivity index (χ3v) is 10.4. The number of hydrogen-bond donors (Lipinski definition) is 4. The fraction of sp³-hybridized carbons (Fsp3) is 0.167. The topological polar surface area (TPSA) is 176 Å². The molecular weight excluding hydrogens is 597 g/mol. The second-order valence-corrected chi connectivity index (χ2v) is 14.0. The molecule has 0 spiro atoms. The van der Waals surface area contributed by atoms with Gasteiger partial charge in [-0.1, -0.05) is 35.4 Å². The molecule has 0 aliphatic carbocycles. The molecule has 0 saturated heterocycles. The lowest BCUT2D eigenvalue weighted by atomic mass is 10.2. The summed E-state index contributed by atoms with van der Waals surface area (Å²) < 4.78 is 49.9. The van der Waals surface area contributed by atoms with Crippen molar-refractivity contribution >= 4 is 54.5 Å². The third kappa shape index (κ3) is 6.60. The molecule has 4 N–H and O–H groups in total. The van der Waals surface area contributed by atoms with E-state index < -0.39 is 31.9 Å². The van der Waals surface area contributed by atoms with Crippen LogP contribution in [0.3, 0.4) is 0 Å². The normalized spacial score (nSPS) is 11.8. The molecule has 2 aromatic carbocycles. The van der Waals surface area contributed by atoms with Crippen LogP contribution in [0.4, 0.5) is 0 Å². The highest BCUT2D eigenvalue weighted by Crippen LogP contribution is 2.32. The summed E-state index contributed by atoms with van der Waals surface area (Å²) in [6.07, 6.45) is 0. The molecule has 16 heteroatoms. The molecule has 0 aliphatic heterocycles. The number of aromatic nitrogens is 2. The van der Waals surface area contributed by atoms with Crippen LogP contribution in [0.1, 0.15) is 41.9 Å². The Bertz CT molecular complexity index is 1660. The summed E-state index contributed by atoms with van der Waals surface area (Å²) in [5, 5.41) is 0.660. The predicted octanol–water partition coefficient (Wildman–Crippen LogP) is 2.75. The second-order valence-electron chi connectivity index (χ2n) is 8.61. The summed E-state index contributed by atoms with van der Waals surface area (Å²) in [5.74, 6) is -1.43. The van der Waals surface area contributed by atoms with E-state index in [2.05, 4.69) is 30.5 Å². The number of benzene rings is 2. The molecule has 40 heavy (non-hydrogen) atoms. The Hall–Kier alpha value is -3.54. The molecule has 210 valence electrons. The van der Waals surface area contributed by atoms with E-state index in [1.54, 1.807) is 38.1 Å². The minimum Gasteiger partial charge on any atom is -0.273 e. The number of rotatable bonds is 9. The van der Waals surface area contributed by atoms with Crippen molar-refractivity contribution in [1.82, 2.24) is 30.5 Å². The van der Waals surface area contributed by atoms with Gasteiger partial charge < -0.3 is 0 Å². The number of aryl methyl sites for hydroxylation is 4. The van der Waals surface area contributed by atoms with Crippen molar-refractivity contribution in [2.75, 3.05) is 0 Å². The van der Waals surface area contributed by atoms with Gasteiger partial charge in [0.1, 0.15) is 9.75 Å². The molecule has 0 aliphatic rings. The van der Waals surface area contributed by atoms with Crippen LogP contribution in [-0.4, -0.2) is 38.6 Å². The second kappa shape index (κ2) is 11.5. The van der Waals surface area contributed by atoms with Crippen LogP contribution in [-0.2, 0) is 20.0 Å². The summed E-state index contributed by atoms with van der Waals surface area (Å²) in [4.78, 5) is 38.5. The summed E-state index contributed by atoms with van der Waals surface area (Å²) in [7, 11) is -7.97. The van der Waals surface area contributed by atoms with E-state index in [1.807, 2.05) is 13.8 Å². The SMILES string of the molecule is Cc1ccc(S(=O)(=O)NNC(=O)c2sc(-c3nc(C)c(C(=O)NNS(=O)(=O)c4ccc(C)cc4)s3)nc2C)cc1. The molecule has 0 bridgehead atoms. The number of amides is 2. The van der Waals surface area contributed by atoms with Crippen molar-refractivity contribution in [2.24, 2.45) is 0 Å². The van der Waals surface area contributed by atoms with Crippen molar-refractivity contribution in [2.45, 2.75) is 37.5 Å². The van der Waals surface area contributed by atoms with Gasteiger partial charge in [0.25, 0.3) is 31.9 Å². The number of nitrogens with zero attached hydrogens (tertiary/aromatic N) is 2. The van der Waals surface area contributed by atoms with Crippen molar-refractivity contribution in [1.29, 1.82) is 0 Å². The zero-order valence-corrected chi connectivity index (χ0v) is 24.9. The van der Waals surface area contributed by atoms with E-state index in [9.17, 15) is 26.4 Å². The van der Waals surface area contributed by atoms with E-state index in [0.717, 1.165) is 33.8 Å². The highest BCUT2D eigenvalue weighted by atomic mass is 32.2. The minimum atomic E-state index is -3.99. The fourth-order valence-corrected chi connectivity index (χ4v) is 6.91. The molecule has 0 fully saturated rings. The number of sulfonamides is 2. The lowest BCUT2D eigenvalue weighted by molar-refractivity contribution is 0.0940. The van der Waals surface area contributed by atoms with Crippen LogP contribution < -0.4 is 20.5 Å². The molecule has 0 unspecified atom stereocenters. The van der Waals surface area contributed by atoms with Gasteiger partial charge in [-0.15, -0.1) is 32.3 Å². The molecule has 0 radical (unpaired) electrons. The standard InChI is InChI=1S/C24H24N6O6S4/c1-13-5-9-17(10-6-13)39(33,34)29-27-21(31)19-15(3)25-23(37-19)24-26-16(4)20(38-24)22(32)28-30-40(35,36)18-11-7-14(2)8-12-18/h5-12,29-30H,1-4H3,(H,27,31)(H,28,32). The molecule has 0 atom stereocenters. The third-order valence-electron chi connectivity index (χ3n) is 5.45. The van der Waals surface area contributed by atoms with Gasteiger partial charge in [0.2, 0.25) is 0 Å². The number of thiazole rings is 2. The van der Waals surface area contributed by atoms with Crippen LogP contribution in [0.15, 0.2) is 58.3 Å². The molecule has 0 saturated carbocycles. The number of carbonyl (C=O) groups is 2. The molecule has 4 rings (SSSR count). The number of hydrazine groups is 2. The quantitative estimate of drug-likeness (QED) is 0.207. The molecule has 2 heterocycles. The van der Waals surface area contributed by atoms with Gasteiger partial charge in [0.15, 0.2) is 10.0 Å². The molecular formula is C24H24N6O6S4. The monoisotopic (exact) mass is 620 g/mol. The Morgan fingerprint density at radius 2 is 0.925 bits per heavy atom. The van der Waals surface area contributed by atoms with Crippen LogP contribution in [0.25, 0.3) is 10.0 Å². The van der Waals surface area contributed by atoms with Gasteiger partial charge in [-0.2, -0.15) is 0 Å². The van der Waals surface area contributed by atoms with Crippen LogP contribution in [0, 0.1) is 27.7 Å². The summed E-state index contributed by atoms with van der Waals surface area (Å²) in [6.45, 7) is 6.81. The van der Waals surface area contributed by atoms with Gasteiger partial charge in [0, 0.05) is 0 Å². The Labute approximate surface area is 238 Å². The lowest BCUT2D eigenvalue weighted by Gasteiger charge is -2.08. The van der Waals surface area contributed by atoms with E-state index in [1.165, 1.54) is 24.3 Å². The Balaban J connectivity index is 1.44. The lowest BCUT2D eigenvalue weighted by Crippen LogP contribution is -2.41. The number of hydrogen-bond acceptors (Lipinski definition) is 10. The predicted molar refractivity (Wildman–Crippen MR) is 151 cm³/mol. The zero-order chi connectivity index (χ0) is 29.2. The maximum atomic E-state index is 12.7. The highest BCUT2D eigenvalue weighted by molar-refractivity contribution is 7.89. The van der Waals surface area contributed by atoms with Crippen LogP contribution >= 0.6 is 22.7 Å². The first-order valence-corrected chi connectivity index (χ1v) is 16.1. The Morgan fingerprint density at radius 3 is 1.25 bits per heavy atom. The van der Waals surface area contributed by atoms with Gasteiger partial charge in [-0.05, 0) is 52.0 Å². The van der Waals surface area contributed by atoms with E-state index in [4.69, 9.17) is 0 Å². The Morgan fingerprint density at radius 1 is 0.600 bits per heavy atom. The van der Waals surface area contributed by atoms with Gasteiger partial charge in [-0.3, -0.25) is 20.4 Å². The maximum absolute atomic E-state index is 12.7. The number of carbonyl (C=O) groups excluding carboxylic acids is 2. The van der Waals surface area contributed by atoms with Gasteiger partial charge >= 0.3 is 0 Å². The smallest absolute Gasteiger partial charge is 0.273 e. The maximum Gasteiger partial charge on any atom is 0.278 e. The first-order chi connectivity index (χ1) is 18.8. The first kappa shape index (κ1) is 29.4. The zero-order valence-electron chi connectivity index (χ0n) is 21.6. The van der Waals surface area contributed by atoms with Crippen molar-refractivity contribution < 1.29 is 26.4 Å². The van der Waals surface area contributed by atoms with Crippen molar-refractivity contribution in [3.8, 4) is 10.0 Å². The van der Waals surface area contributed by atoms with E-state index >= 15 is 0 Å². The molecule has 2 aromatic heterocycles. The van der Waals surface area contributed by atoms with Crippen LogP contribution in [0.2, 0.25) is 0 Å². The average Bonchev–Trinajstić information content (AvgIpc) is 3.49. The average molecular weight is 621 g/mol. The van der Waals surface area contributed by atoms with Crippen molar-refractivity contribution in [3.63, 3.8) is 0 Å². The van der Waals surface area contributed by atoms with E-state index in [0.29, 0.717) is 21.4 Å². The first-order valence-electron chi connectivity index (χ1n) is 11.5. The Kier molecular flexibility index (Phi) is 8.48. The fourth-order valence-electron chi connectivity index (χ4n) is 3.29. The molecule has 12 nitrogen and oxygen atoms in total. The summed E-state index contributed by atoms with van der Waals surface area (Å²) in [5.41, 5.74) is 6.81. The summed E-state index contributed by atoms with van der Waals surface area (Å²) >= 11 is 1.93. The highest BCUT2D eigenvalue weighted by Gasteiger charge is 2.24. The van der Waals surface area contributed by atoms with Crippen molar-refractivity contribution in [3.05, 3.63) is 80.8 Å². The van der Waals surface area contributed by atoms with Gasteiger partial charge in [0.05, 0.1) is 21.2 Å². The molecule has 4 aromatic rings. The number of nitrogens with one attached hydrogen (secondary N) is 4. The minimum absolute atomic E-state index is 0.00895. The summed E-state index contributed by atoms with van der Waals surface area (Å²) in [6, 6.07) is 12.2.